The van der Waals surface area contributed by atoms with E-state index in [4.69, 9.17) is 14.0 Å². The smallest absolute Gasteiger partial charge is 0.397 e. The predicted octanol–water partition coefficient (Wildman–Crippen LogP) is 3.76. The van der Waals surface area contributed by atoms with E-state index in [1.165, 1.54) is 44.9 Å². The fourth-order valence-electron chi connectivity index (χ4n) is 2.39. The number of rotatable bonds is 18. The predicted molar refractivity (Wildman–Crippen MR) is 105 cm³/mol. The van der Waals surface area contributed by atoms with Gasteiger partial charge in [0.05, 0.1) is 19.8 Å². The first-order valence-corrected chi connectivity index (χ1v) is 11.3. The van der Waals surface area contributed by atoms with Crippen molar-refractivity contribution in [3.8, 4) is 0 Å². The lowest BCUT2D eigenvalue weighted by molar-refractivity contribution is -0.140. The standard InChI is InChI=1S/C19H34O8S/c1-2-3-4-5-6-7-8-9-10-11-15-25-18(20)13-14-19(21)26-16-12-17-27-28(22,23)24/h13-14H,2-12,15-17H2,1H3,(H,22,23,24)/b14-13-. The number of hydrogen-bond donors (Lipinski definition) is 1. The van der Waals surface area contributed by atoms with E-state index in [-0.39, 0.29) is 19.6 Å². The van der Waals surface area contributed by atoms with E-state index >= 15 is 0 Å². The summed E-state index contributed by atoms with van der Waals surface area (Å²) in [6, 6.07) is 0. The van der Waals surface area contributed by atoms with Crippen LogP contribution >= 0.6 is 0 Å². The minimum atomic E-state index is -4.48. The van der Waals surface area contributed by atoms with E-state index in [0.29, 0.717) is 6.61 Å². The van der Waals surface area contributed by atoms with Gasteiger partial charge in [-0.05, 0) is 6.42 Å². The minimum absolute atomic E-state index is 0.0859. The normalized spacial score (nSPS) is 11.6. The van der Waals surface area contributed by atoms with Gasteiger partial charge in [-0.3, -0.25) is 4.55 Å². The summed E-state index contributed by atoms with van der Waals surface area (Å²) in [4.78, 5) is 22.8. The van der Waals surface area contributed by atoms with Gasteiger partial charge in [-0.2, -0.15) is 8.42 Å². The first-order valence-electron chi connectivity index (χ1n) is 9.98. The maximum absolute atomic E-state index is 11.5. The van der Waals surface area contributed by atoms with Crippen LogP contribution in [0.15, 0.2) is 12.2 Å². The van der Waals surface area contributed by atoms with Gasteiger partial charge < -0.3 is 9.47 Å². The van der Waals surface area contributed by atoms with Crippen molar-refractivity contribution in [2.75, 3.05) is 19.8 Å². The van der Waals surface area contributed by atoms with Gasteiger partial charge >= 0.3 is 22.3 Å². The molecule has 0 atom stereocenters. The van der Waals surface area contributed by atoms with Crippen LogP contribution in [-0.2, 0) is 33.6 Å². The molecule has 0 spiro atoms. The van der Waals surface area contributed by atoms with E-state index in [1.807, 2.05) is 0 Å². The Kier molecular flexibility index (Phi) is 16.7. The summed E-state index contributed by atoms with van der Waals surface area (Å²) in [5, 5.41) is 0. The second kappa shape index (κ2) is 17.6. The van der Waals surface area contributed by atoms with Crippen molar-refractivity contribution >= 4 is 22.3 Å². The Balaban J connectivity index is 3.51. The van der Waals surface area contributed by atoms with E-state index in [9.17, 15) is 18.0 Å². The molecule has 0 aromatic heterocycles. The van der Waals surface area contributed by atoms with Crippen molar-refractivity contribution in [2.24, 2.45) is 0 Å². The fourth-order valence-corrected chi connectivity index (χ4v) is 2.72. The Bertz CT molecular complexity index is 542. The molecular formula is C19H34O8S. The molecule has 8 nitrogen and oxygen atoms in total. The Morgan fingerprint density at radius 1 is 0.714 bits per heavy atom. The van der Waals surface area contributed by atoms with Crippen LogP contribution in [0.4, 0.5) is 0 Å². The Morgan fingerprint density at radius 2 is 1.14 bits per heavy atom. The molecule has 0 fully saturated rings. The third kappa shape index (κ3) is 20.9. The molecule has 9 heteroatoms. The number of unbranched alkanes of at least 4 members (excludes halogenated alkanes) is 9. The lowest BCUT2D eigenvalue weighted by Crippen LogP contribution is -2.09. The highest BCUT2D eigenvalue weighted by Crippen LogP contribution is 2.10. The summed E-state index contributed by atoms with van der Waals surface area (Å²) in [5.41, 5.74) is 0. The molecule has 0 saturated carbocycles. The first kappa shape index (κ1) is 26.6. The lowest BCUT2D eigenvalue weighted by atomic mass is 10.1. The van der Waals surface area contributed by atoms with Crippen molar-refractivity contribution in [2.45, 2.75) is 77.6 Å². The number of carbonyl (C=O) groups is 2. The highest BCUT2D eigenvalue weighted by Gasteiger charge is 2.05. The molecule has 0 aliphatic heterocycles. The number of hydrogen-bond acceptors (Lipinski definition) is 7. The molecule has 0 bridgehead atoms. The molecule has 0 saturated heterocycles. The van der Waals surface area contributed by atoms with Gasteiger partial charge in [-0.25, -0.2) is 13.8 Å². The molecule has 0 amide bonds. The second-order valence-electron chi connectivity index (χ2n) is 6.45. The summed E-state index contributed by atoms with van der Waals surface area (Å²) in [6.45, 7) is 2.12. The minimum Gasteiger partial charge on any atom is -0.463 e. The number of carbonyl (C=O) groups excluding carboxylic acids is 2. The quantitative estimate of drug-likeness (QED) is 0.154. The van der Waals surface area contributed by atoms with Crippen LogP contribution in [0.2, 0.25) is 0 Å². The molecule has 0 aromatic carbocycles. The molecule has 28 heavy (non-hydrogen) atoms. The third-order valence-corrected chi connectivity index (χ3v) is 4.33. The molecule has 0 rings (SSSR count). The summed E-state index contributed by atoms with van der Waals surface area (Å²) in [7, 11) is -4.48. The summed E-state index contributed by atoms with van der Waals surface area (Å²) < 4.78 is 42.7. The third-order valence-electron chi connectivity index (χ3n) is 3.86. The molecule has 0 aliphatic rings. The van der Waals surface area contributed by atoms with Crippen LogP contribution < -0.4 is 0 Å². The maximum Gasteiger partial charge on any atom is 0.397 e. The number of esters is 2. The van der Waals surface area contributed by atoms with Crippen molar-refractivity contribution in [1.82, 2.24) is 0 Å². The van der Waals surface area contributed by atoms with E-state index < -0.39 is 22.3 Å². The van der Waals surface area contributed by atoms with Gasteiger partial charge in [0.2, 0.25) is 0 Å². The molecule has 0 aromatic rings. The lowest BCUT2D eigenvalue weighted by Gasteiger charge is -2.03. The zero-order chi connectivity index (χ0) is 21.1. The average Bonchev–Trinajstić information content (AvgIpc) is 2.63. The van der Waals surface area contributed by atoms with Crippen LogP contribution in [0, 0.1) is 0 Å². The Hall–Kier alpha value is -1.45. The molecule has 1 N–H and O–H groups in total. The van der Waals surface area contributed by atoms with Crippen molar-refractivity contribution in [3.63, 3.8) is 0 Å². The SMILES string of the molecule is CCCCCCCCCCCCOC(=O)/C=C\C(=O)OCCCOS(=O)(=O)O. The molecule has 0 unspecified atom stereocenters. The molecule has 0 radical (unpaired) electrons. The maximum atomic E-state index is 11.5. The van der Waals surface area contributed by atoms with Gasteiger partial charge in [0.15, 0.2) is 0 Å². The summed E-state index contributed by atoms with van der Waals surface area (Å²) >= 11 is 0. The fraction of sp³-hybridized carbons (Fsp3) is 0.789. The molecule has 164 valence electrons. The van der Waals surface area contributed by atoms with Crippen LogP contribution in [0.3, 0.4) is 0 Å². The van der Waals surface area contributed by atoms with Gasteiger partial charge in [0.25, 0.3) is 0 Å². The van der Waals surface area contributed by atoms with Gasteiger partial charge in [-0.1, -0.05) is 64.7 Å². The first-order chi connectivity index (χ1) is 13.3. The summed E-state index contributed by atoms with van der Waals surface area (Å²) in [6.07, 6.45) is 14.0. The molecule has 0 heterocycles. The van der Waals surface area contributed by atoms with Crippen molar-refractivity contribution in [3.05, 3.63) is 12.2 Å². The molecule has 0 aliphatic carbocycles. The van der Waals surface area contributed by atoms with Crippen LogP contribution in [-0.4, -0.2) is 44.7 Å². The Labute approximate surface area is 168 Å². The van der Waals surface area contributed by atoms with Gasteiger partial charge in [-0.15, -0.1) is 0 Å². The largest absolute Gasteiger partial charge is 0.463 e. The van der Waals surface area contributed by atoms with Crippen LogP contribution in [0.25, 0.3) is 0 Å². The molecular weight excluding hydrogens is 388 g/mol. The average molecular weight is 423 g/mol. The van der Waals surface area contributed by atoms with Crippen LogP contribution in [0.1, 0.15) is 77.6 Å². The monoisotopic (exact) mass is 422 g/mol. The van der Waals surface area contributed by atoms with E-state index in [1.54, 1.807) is 0 Å². The van der Waals surface area contributed by atoms with E-state index in [2.05, 4.69) is 11.1 Å². The van der Waals surface area contributed by atoms with Gasteiger partial charge in [0, 0.05) is 18.6 Å². The topological polar surface area (TPSA) is 116 Å². The highest BCUT2D eigenvalue weighted by atomic mass is 32.3. The van der Waals surface area contributed by atoms with E-state index in [0.717, 1.165) is 31.4 Å². The number of ether oxygens (including phenoxy) is 2. The van der Waals surface area contributed by atoms with Crippen LogP contribution in [0.5, 0.6) is 0 Å². The summed E-state index contributed by atoms with van der Waals surface area (Å²) in [5.74, 6) is -1.36. The zero-order valence-corrected chi connectivity index (χ0v) is 17.6. The second-order valence-corrected chi connectivity index (χ2v) is 7.54. The zero-order valence-electron chi connectivity index (χ0n) is 16.8. The highest BCUT2D eigenvalue weighted by molar-refractivity contribution is 7.80. The van der Waals surface area contributed by atoms with Crippen molar-refractivity contribution < 1.29 is 36.2 Å². The van der Waals surface area contributed by atoms with Crippen molar-refractivity contribution in [1.29, 1.82) is 0 Å². The van der Waals surface area contributed by atoms with Gasteiger partial charge in [0.1, 0.15) is 0 Å². The Morgan fingerprint density at radius 3 is 1.61 bits per heavy atom.